The van der Waals surface area contributed by atoms with Crippen molar-refractivity contribution < 1.29 is 27.1 Å². The van der Waals surface area contributed by atoms with Gasteiger partial charge in [0.25, 0.3) is 15.6 Å². The first-order chi connectivity index (χ1) is 31.4. The van der Waals surface area contributed by atoms with E-state index < -0.39 is 32.6 Å². The number of aromatic nitrogens is 4. The number of piperidine rings is 1. The van der Waals surface area contributed by atoms with Crippen LogP contribution in [-0.4, -0.2) is 105 Å². The van der Waals surface area contributed by atoms with Gasteiger partial charge in [-0.05, 0) is 121 Å². The van der Waals surface area contributed by atoms with Gasteiger partial charge < -0.3 is 29.6 Å². The van der Waals surface area contributed by atoms with Crippen molar-refractivity contribution in [3.05, 3.63) is 118 Å². The molecule has 3 aromatic carbocycles. The van der Waals surface area contributed by atoms with Gasteiger partial charge >= 0.3 is 6.09 Å². The zero-order valence-corrected chi connectivity index (χ0v) is 39.5. The van der Waals surface area contributed by atoms with Gasteiger partial charge in [-0.25, -0.2) is 31.5 Å². The van der Waals surface area contributed by atoms with E-state index in [0.717, 1.165) is 41.8 Å². The fourth-order valence-electron chi connectivity index (χ4n) is 9.69. The maximum absolute atomic E-state index is 15.2. The quantitative estimate of drug-likeness (QED) is 0.147. The summed E-state index contributed by atoms with van der Waals surface area (Å²) in [6.45, 7) is 14.4. The number of rotatable bonds is 10. The smallest absolute Gasteiger partial charge is 0.410 e. The summed E-state index contributed by atoms with van der Waals surface area (Å²) in [5.74, 6) is 0.0793. The van der Waals surface area contributed by atoms with Crippen LogP contribution >= 0.6 is 0 Å². The number of benzene rings is 3. The highest BCUT2D eigenvalue weighted by Gasteiger charge is 2.44. The molecule has 348 valence electrons. The molecule has 1 aliphatic carbocycles. The van der Waals surface area contributed by atoms with Crippen molar-refractivity contribution >= 4 is 43.9 Å². The molecule has 0 radical (unpaired) electrons. The van der Waals surface area contributed by atoms with E-state index in [-0.39, 0.29) is 47.3 Å². The topological polar surface area (TPSA) is 158 Å². The van der Waals surface area contributed by atoms with E-state index in [1.807, 2.05) is 56.9 Å². The Labute approximate surface area is 385 Å². The number of carbonyl (C=O) groups excluding carboxylic acids is 1. The molecule has 2 N–H and O–H groups in total. The molecule has 1 amide bonds. The summed E-state index contributed by atoms with van der Waals surface area (Å²) in [6.07, 6.45) is 6.10. The second-order valence-electron chi connectivity index (χ2n) is 19.4. The minimum Gasteiger partial charge on any atom is -0.444 e. The number of anilines is 1. The number of piperazine rings is 1. The maximum Gasteiger partial charge on any atom is 0.410 e. The second-order valence-corrected chi connectivity index (χ2v) is 21.2. The van der Waals surface area contributed by atoms with Crippen molar-refractivity contribution in [3.63, 3.8) is 0 Å². The van der Waals surface area contributed by atoms with E-state index in [1.54, 1.807) is 37.5 Å². The second kappa shape index (κ2) is 17.2. The van der Waals surface area contributed by atoms with Crippen LogP contribution in [0.1, 0.15) is 77.1 Å². The summed E-state index contributed by atoms with van der Waals surface area (Å²) in [7, 11) is -2.53. The first-order valence-electron chi connectivity index (χ1n) is 22.9. The molecule has 0 spiro atoms. The van der Waals surface area contributed by atoms with Crippen LogP contribution in [0, 0.1) is 12.7 Å². The van der Waals surface area contributed by atoms with Crippen LogP contribution < -0.4 is 16.2 Å². The molecule has 3 aliphatic rings. The minimum atomic E-state index is -4.13. The Hall–Kier alpha value is -5.68. The lowest BCUT2D eigenvalue weighted by Crippen LogP contribution is -2.62. The fourth-order valence-corrected chi connectivity index (χ4v) is 11.0. The zero-order valence-electron chi connectivity index (χ0n) is 38.7. The van der Waals surface area contributed by atoms with Gasteiger partial charge in [-0.15, -0.1) is 0 Å². The van der Waals surface area contributed by atoms with Crippen LogP contribution in [0.5, 0.6) is 0 Å². The van der Waals surface area contributed by atoms with Gasteiger partial charge in [-0.3, -0.25) is 9.69 Å². The van der Waals surface area contributed by atoms with Crippen molar-refractivity contribution in [2.75, 3.05) is 37.6 Å². The molecule has 9 rings (SSSR count). The Balaban J connectivity index is 1.11. The number of amides is 1. The molecule has 3 aromatic heterocycles. The van der Waals surface area contributed by atoms with Crippen molar-refractivity contribution in [2.45, 2.75) is 108 Å². The normalized spacial score (nSPS) is 20.0. The van der Waals surface area contributed by atoms with E-state index in [2.05, 4.69) is 23.6 Å². The van der Waals surface area contributed by atoms with E-state index >= 15 is 4.39 Å². The molecule has 6 aromatic rings. The standard InChI is InChI=1S/C50H59FN8O6S/c1-31-11-16-39(17-12-31)66(62,63)59-24-21-40-42(29-55(7)46(60)44(40)59)34-13-18-43-41(25-34)45(50(30-52,64-38-14-15-38)35-9-8-10-36(51)26-35)54-47(53-43)56-22-19-37(20-23-56)57-27-33(3)58(28-32(57)2)48(61)65-49(4,5)6/h8-13,16-18,21,24-26,29,32-33,37-38H,14-15,19-20,22-23,27-28,30,52H2,1-7H3/t32-,33+,50?/m0/s1. The number of nitrogens with zero attached hydrogens (tertiary/aromatic N) is 7. The molecule has 1 unspecified atom stereocenters. The van der Waals surface area contributed by atoms with Crippen LogP contribution in [-0.2, 0) is 32.1 Å². The Bertz CT molecular complexity index is 2990. The minimum absolute atomic E-state index is 0.00694. The number of fused-ring (bicyclic) bond motifs is 2. The fraction of sp³-hybridized carbons (Fsp3) is 0.440. The average Bonchev–Trinajstić information content (AvgIpc) is 3.99. The van der Waals surface area contributed by atoms with Crippen LogP contribution in [0.2, 0.25) is 0 Å². The van der Waals surface area contributed by atoms with E-state index in [0.29, 0.717) is 64.3 Å². The summed E-state index contributed by atoms with van der Waals surface area (Å²) in [5, 5.41) is 1.08. The molecule has 66 heavy (non-hydrogen) atoms. The predicted molar refractivity (Wildman–Crippen MR) is 254 cm³/mol. The van der Waals surface area contributed by atoms with Gasteiger partial charge in [0.05, 0.1) is 22.2 Å². The van der Waals surface area contributed by atoms with Crippen molar-refractivity contribution in [3.8, 4) is 11.1 Å². The number of halogens is 1. The Morgan fingerprint density at radius 2 is 1.64 bits per heavy atom. The van der Waals surface area contributed by atoms with E-state index in [1.165, 1.54) is 35.0 Å². The molecule has 1 saturated carbocycles. The molecule has 5 heterocycles. The number of ether oxygens (including phenoxy) is 2. The molecule has 16 heteroatoms. The average molecular weight is 919 g/mol. The SMILES string of the molecule is Cc1ccc(S(=O)(=O)n2ccc3c(-c4ccc5nc(N6CCC(N7C[C@@H](C)N(C(=O)OC(C)(C)C)C[C@@H]7C)CC6)nc(C(CN)(OC6CC6)c6cccc(F)c6)c5c4)cn(C)c(=O)c32)cc1. The third-order valence-corrected chi connectivity index (χ3v) is 15.0. The number of hydrogen-bond acceptors (Lipinski definition) is 11. The maximum atomic E-state index is 15.2. The zero-order chi connectivity index (χ0) is 46.9. The van der Waals surface area contributed by atoms with Gasteiger partial charge in [0.1, 0.15) is 22.5 Å². The van der Waals surface area contributed by atoms with Gasteiger partial charge in [0, 0.05) is 86.6 Å². The molecule has 0 bridgehead atoms. The van der Waals surface area contributed by atoms with Gasteiger partial charge in [-0.1, -0.05) is 35.9 Å². The predicted octanol–water partition coefficient (Wildman–Crippen LogP) is 7.31. The third kappa shape index (κ3) is 8.48. The van der Waals surface area contributed by atoms with Crippen molar-refractivity contribution in [1.29, 1.82) is 0 Å². The molecule has 3 fully saturated rings. The number of carbonyl (C=O) groups is 1. The summed E-state index contributed by atoms with van der Waals surface area (Å²) in [5.41, 5.74) is 8.28. The molecular weight excluding hydrogens is 860 g/mol. The summed E-state index contributed by atoms with van der Waals surface area (Å²) < 4.78 is 58.4. The first kappa shape index (κ1) is 45.5. The van der Waals surface area contributed by atoms with Crippen molar-refractivity contribution in [2.24, 2.45) is 12.8 Å². The van der Waals surface area contributed by atoms with Gasteiger partial charge in [-0.2, -0.15) is 0 Å². The lowest BCUT2D eigenvalue weighted by atomic mass is 9.86. The highest BCUT2D eigenvalue weighted by atomic mass is 32.2. The monoisotopic (exact) mass is 918 g/mol. The Kier molecular flexibility index (Phi) is 11.8. The van der Waals surface area contributed by atoms with Crippen molar-refractivity contribution in [1.82, 2.24) is 28.3 Å². The molecule has 2 aliphatic heterocycles. The Morgan fingerprint density at radius 1 is 0.909 bits per heavy atom. The molecule has 3 atom stereocenters. The number of pyridine rings is 1. The largest absolute Gasteiger partial charge is 0.444 e. The third-order valence-electron chi connectivity index (χ3n) is 13.3. The number of nitrogens with two attached hydrogens (primary N) is 1. The van der Waals surface area contributed by atoms with Gasteiger partial charge in [0.15, 0.2) is 0 Å². The lowest BCUT2D eigenvalue weighted by Gasteiger charge is -2.49. The van der Waals surface area contributed by atoms with E-state index in [4.69, 9.17) is 25.2 Å². The summed E-state index contributed by atoms with van der Waals surface area (Å²) >= 11 is 0. The van der Waals surface area contributed by atoms with Crippen LogP contribution in [0.25, 0.3) is 32.9 Å². The lowest BCUT2D eigenvalue weighted by molar-refractivity contribution is -0.0260. The van der Waals surface area contributed by atoms with Gasteiger partial charge in [0.2, 0.25) is 5.95 Å². The summed E-state index contributed by atoms with van der Waals surface area (Å²) in [6, 6.07) is 20.7. The highest BCUT2D eigenvalue weighted by Crippen LogP contribution is 2.43. The molecule has 2 saturated heterocycles. The van der Waals surface area contributed by atoms with Crippen LogP contribution in [0.3, 0.4) is 0 Å². The van der Waals surface area contributed by atoms with E-state index in [9.17, 15) is 18.0 Å². The highest BCUT2D eigenvalue weighted by molar-refractivity contribution is 7.90. The van der Waals surface area contributed by atoms with Crippen LogP contribution in [0.4, 0.5) is 15.1 Å². The van der Waals surface area contributed by atoms with Crippen LogP contribution in [0.15, 0.2) is 94.9 Å². The summed E-state index contributed by atoms with van der Waals surface area (Å²) in [4.78, 5) is 44.1. The Morgan fingerprint density at radius 3 is 2.30 bits per heavy atom. The molecule has 14 nitrogen and oxygen atoms in total. The number of hydrogen-bond donors (Lipinski definition) is 1. The molecular formula is C50H59FN8O6S. The number of aryl methyl sites for hydroxylation is 2. The first-order valence-corrected chi connectivity index (χ1v) is 24.3.